The van der Waals surface area contributed by atoms with E-state index in [1.807, 2.05) is 38.2 Å². The molecule has 0 bridgehead atoms. The highest BCUT2D eigenvalue weighted by molar-refractivity contribution is 5.89. The van der Waals surface area contributed by atoms with E-state index in [9.17, 15) is 4.79 Å². The van der Waals surface area contributed by atoms with E-state index >= 15 is 0 Å². The van der Waals surface area contributed by atoms with Crippen molar-refractivity contribution >= 4 is 11.7 Å². The number of hydrogen-bond donors (Lipinski definition) is 1. The Hall–Kier alpha value is -2.01. The van der Waals surface area contributed by atoms with Gasteiger partial charge in [0, 0.05) is 31.9 Å². The summed E-state index contributed by atoms with van der Waals surface area (Å²) < 4.78 is 5.61. The normalized spacial score (nSPS) is 18.0. The lowest BCUT2D eigenvalue weighted by Gasteiger charge is -2.32. The van der Waals surface area contributed by atoms with E-state index in [0.717, 1.165) is 36.6 Å². The number of amides is 2. The molecular weight excluding hydrogens is 302 g/mol. The van der Waals surface area contributed by atoms with Crippen LogP contribution in [0.3, 0.4) is 0 Å². The SMILES string of the molecule is C=C(C)COc1cccc(NC(=O)N(C)CC2CCCN(C)C2)c1. The average Bonchev–Trinajstić information content (AvgIpc) is 2.53. The number of anilines is 1. The molecule has 24 heavy (non-hydrogen) atoms. The van der Waals surface area contributed by atoms with E-state index in [1.165, 1.54) is 12.8 Å². The molecule has 1 aromatic carbocycles. The van der Waals surface area contributed by atoms with E-state index in [-0.39, 0.29) is 6.03 Å². The van der Waals surface area contributed by atoms with Gasteiger partial charge in [-0.1, -0.05) is 12.6 Å². The number of ether oxygens (including phenoxy) is 1. The van der Waals surface area contributed by atoms with Crippen LogP contribution in [0.1, 0.15) is 19.8 Å². The zero-order valence-electron chi connectivity index (χ0n) is 15.0. The van der Waals surface area contributed by atoms with Gasteiger partial charge in [-0.05, 0) is 57.0 Å². The van der Waals surface area contributed by atoms with Crippen LogP contribution in [0.4, 0.5) is 10.5 Å². The molecule has 0 aliphatic carbocycles. The molecule has 2 amide bonds. The average molecular weight is 331 g/mol. The molecule has 0 aromatic heterocycles. The molecule has 5 heteroatoms. The first-order valence-corrected chi connectivity index (χ1v) is 8.52. The summed E-state index contributed by atoms with van der Waals surface area (Å²) in [7, 11) is 3.99. The summed E-state index contributed by atoms with van der Waals surface area (Å²) in [5.41, 5.74) is 1.70. The molecule has 1 unspecified atom stereocenters. The van der Waals surface area contributed by atoms with Gasteiger partial charge in [0.25, 0.3) is 0 Å². The molecule has 5 nitrogen and oxygen atoms in total. The summed E-state index contributed by atoms with van der Waals surface area (Å²) in [6, 6.07) is 7.37. The molecule has 1 fully saturated rings. The van der Waals surface area contributed by atoms with E-state index in [4.69, 9.17) is 4.74 Å². The molecule has 0 spiro atoms. The van der Waals surface area contributed by atoms with Crippen LogP contribution < -0.4 is 10.1 Å². The first-order chi connectivity index (χ1) is 11.4. The van der Waals surface area contributed by atoms with Gasteiger partial charge in [0.2, 0.25) is 0 Å². The second kappa shape index (κ2) is 8.73. The van der Waals surface area contributed by atoms with Gasteiger partial charge < -0.3 is 19.9 Å². The minimum atomic E-state index is -0.0831. The molecule has 1 N–H and O–H groups in total. The van der Waals surface area contributed by atoms with E-state index in [1.54, 1.807) is 4.90 Å². The fourth-order valence-corrected chi connectivity index (χ4v) is 2.98. The quantitative estimate of drug-likeness (QED) is 0.812. The number of nitrogens with one attached hydrogen (secondary N) is 1. The lowest BCUT2D eigenvalue weighted by atomic mass is 9.98. The van der Waals surface area contributed by atoms with Gasteiger partial charge in [0.15, 0.2) is 0 Å². The van der Waals surface area contributed by atoms with Crippen molar-refractivity contribution in [2.75, 3.05) is 45.7 Å². The molecule has 1 atom stereocenters. The summed E-state index contributed by atoms with van der Waals surface area (Å²) in [6.07, 6.45) is 2.39. The highest BCUT2D eigenvalue weighted by Crippen LogP contribution is 2.19. The van der Waals surface area contributed by atoms with Crippen LogP contribution in [0.25, 0.3) is 0 Å². The Morgan fingerprint density at radius 1 is 1.50 bits per heavy atom. The van der Waals surface area contributed by atoms with Crippen molar-refractivity contribution in [1.29, 1.82) is 0 Å². The van der Waals surface area contributed by atoms with Crippen LogP contribution in [0.2, 0.25) is 0 Å². The Kier molecular flexibility index (Phi) is 6.67. The predicted octanol–water partition coefficient (Wildman–Crippen LogP) is 3.45. The summed E-state index contributed by atoms with van der Waals surface area (Å²) in [4.78, 5) is 16.5. The van der Waals surface area contributed by atoms with E-state index in [2.05, 4.69) is 23.8 Å². The molecule has 0 saturated carbocycles. The monoisotopic (exact) mass is 331 g/mol. The highest BCUT2D eigenvalue weighted by atomic mass is 16.5. The van der Waals surface area contributed by atoms with Crippen molar-refractivity contribution in [3.05, 3.63) is 36.4 Å². The van der Waals surface area contributed by atoms with Crippen molar-refractivity contribution in [3.8, 4) is 5.75 Å². The van der Waals surface area contributed by atoms with Gasteiger partial charge >= 0.3 is 6.03 Å². The van der Waals surface area contributed by atoms with E-state index < -0.39 is 0 Å². The Morgan fingerprint density at radius 3 is 3.00 bits per heavy atom. The standard InChI is InChI=1S/C19H29N3O2/c1-15(2)14-24-18-9-5-8-17(11-18)20-19(23)22(4)13-16-7-6-10-21(3)12-16/h5,8-9,11,16H,1,6-7,10,12-14H2,2-4H3,(H,20,23). The Balaban J connectivity index is 1.86. The summed E-state index contributed by atoms with van der Waals surface area (Å²) in [5.74, 6) is 1.28. The third kappa shape index (κ3) is 5.89. The maximum Gasteiger partial charge on any atom is 0.321 e. The minimum absolute atomic E-state index is 0.0831. The fourth-order valence-electron chi connectivity index (χ4n) is 2.98. The first-order valence-electron chi connectivity index (χ1n) is 8.52. The number of rotatable bonds is 6. The maximum atomic E-state index is 12.4. The number of piperidine rings is 1. The van der Waals surface area contributed by atoms with E-state index in [0.29, 0.717) is 12.5 Å². The number of carbonyl (C=O) groups is 1. The van der Waals surface area contributed by atoms with Gasteiger partial charge in [0.1, 0.15) is 12.4 Å². The van der Waals surface area contributed by atoms with Gasteiger partial charge in [-0.2, -0.15) is 0 Å². The number of likely N-dealkylation sites (tertiary alicyclic amines) is 1. The van der Waals surface area contributed by atoms with Crippen LogP contribution >= 0.6 is 0 Å². The molecule has 132 valence electrons. The lowest BCUT2D eigenvalue weighted by Crippen LogP contribution is -2.41. The van der Waals surface area contributed by atoms with Crippen LogP contribution in [-0.2, 0) is 0 Å². The van der Waals surface area contributed by atoms with Gasteiger partial charge in [0.05, 0.1) is 0 Å². The number of urea groups is 1. The Labute approximate surface area is 145 Å². The molecular formula is C19H29N3O2. The summed E-state index contributed by atoms with van der Waals surface area (Å²) >= 11 is 0. The van der Waals surface area contributed by atoms with Gasteiger partial charge in [-0.25, -0.2) is 4.79 Å². The maximum absolute atomic E-state index is 12.4. The molecule has 1 aromatic rings. The Bertz CT molecular complexity index is 573. The van der Waals surface area contributed by atoms with Crippen molar-refractivity contribution in [3.63, 3.8) is 0 Å². The van der Waals surface area contributed by atoms with Crippen molar-refractivity contribution < 1.29 is 9.53 Å². The Morgan fingerprint density at radius 2 is 2.29 bits per heavy atom. The fraction of sp³-hybridized carbons (Fsp3) is 0.526. The van der Waals surface area contributed by atoms with Crippen molar-refractivity contribution in [1.82, 2.24) is 9.80 Å². The number of carbonyl (C=O) groups excluding carboxylic acids is 1. The second-order valence-electron chi connectivity index (χ2n) is 6.85. The minimum Gasteiger partial charge on any atom is -0.489 e. The molecule has 1 aliphatic rings. The third-order valence-electron chi connectivity index (χ3n) is 4.17. The predicted molar refractivity (Wildman–Crippen MR) is 98.6 cm³/mol. The van der Waals surface area contributed by atoms with Gasteiger partial charge in [-0.3, -0.25) is 0 Å². The molecule has 1 heterocycles. The lowest BCUT2D eigenvalue weighted by molar-refractivity contribution is 0.170. The molecule has 2 rings (SSSR count). The zero-order valence-corrected chi connectivity index (χ0v) is 15.0. The highest BCUT2D eigenvalue weighted by Gasteiger charge is 2.20. The summed E-state index contributed by atoms with van der Waals surface area (Å²) in [5, 5.41) is 2.94. The number of hydrogen-bond acceptors (Lipinski definition) is 3. The molecule has 1 aliphatic heterocycles. The van der Waals surface area contributed by atoms with Crippen LogP contribution in [0.15, 0.2) is 36.4 Å². The molecule has 1 saturated heterocycles. The van der Waals surface area contributed by atoms with Gasteiger partial charge in [-0.15, -0.1) is 0 Å². The number of benzene rings is 1. The van der Waals surface area contributed by atoms with Crippen molar-refractivity contribution in [2.45, 2.75) is 19.8 Å². The summed E-state index contributed by atoms with van der Waals surface area (Å²) in [6.45, 7) is 9.21. The molecule has 0 radical (unpaired) electrons. The third-order valence-corrected chi connectivity index (χ3v) is 4.17. The second-order valence-corrected chi connectivity index (χ2v) is 6.85. The zero-order chi connectivity index (χ0) is 17.5. The number of nitrogens with zero attached hydrogens (tertiary/aromatic N) is 2. The van der Waals surface area contributed by atoms with Crippen LogP contribution in [0, 0.1) is 5.92 Å². The van der Waals surface area contributed by atoms with Crippen LogP contribution in [0.5, 0.6) is 5.75 Å². The van der Waals surface area contributed by atoms with Crippen LogP contribution in [-0.4, -0.2) is 56.2 Å². The topological polar surface area (TPSA) is 44.8 Å². The van der Waals surface area contributed by atoms with Crippen molar-refractivity contribution in [2.24, 2.45) is 5.92 Å². The largest absolute Gasteiger partial charge is 0.489 e. The smallest absolute Gasteiger partial charge is 0.321 e. The first kappa shape index (κ1) is 18.3.